The summed E-state index contributed by atoms with van der Waals surface area (Å²) >= 11 is 0. The molecule has 1 heterocycles. The average molecular weight is 364 g/mol. The van der Waals surface area contributed by atoms with E-state index in [4.69, 9.17) is 4.74 Å². The fraction of sp³-hybridized carbons (Fsp3) is 0.182. The summed E-state index contributed by atoms with van der Waals surface area (Å²) in [6.07, 6.45) is 4.21. The molecule has 1 atom stereocenters. The highest BCUT2D eigenvalue weighted by atomic mass is 19.1. The number of carbonyl (C=O) groups excluding carboxylic acids is 1. The summed E-state index contributed by atoms with van der Waals surface area (Å²) in [5, 5.41) is 2.87. The molecule has 5 heteroatoms. The Labute approximate surface area is 158 Å². The minimum atomic E-state index is -0.646. The first-order valence-electron chi connectivity index (χ1n) is 8.85. The van der Waals surface area contributed by atoms with Gasteiger partial charge >= 0.3 is 0 Å². The van der Waals surface area contributed by atoms with E-state index >= 15 is 0 Å². The highest BCUT2D eigenvalue weighted by Gasteiger charge is 2.18. The fourth-order valence-electron chi connectivity index (χ4n) is 2.66. The van der Waals surface area contributed by atoms with Crippen LogP contribution in [0.15, 0.2) is 73.1 Å². The lowest BCUT2D eigenvalue weighted by Crippen LogP contribution is -2.32. The summed E-state index contributed by atoms with van der Waals surface area (Å²) in [6.45, 7) is 1.87. The van der Waals surface area contributed by atoms with Crippen LogP contribution in [0.2, 0.25) is 0 Å². The van der Waals surface area contributed by atoms with Crippen LogP contribution in [0.25, 0.3) is 0 Å². The number of carbonyl (C=O) groups is 1. The van der Waals surface area contributed by atoms with E-state index in [1.54, 1.807) is 12.4 Å². The van der Waals surface area contributed by atoms with Crippen molar-refractivity contribution < 1.29 is 13.9 Å². The van der Waals surface area contributed by atoms with Crippen molar-refractivity contribution >= 4 is 11.6 Å². The molecule has 0 bridgehead atoms. The van der Waals surface area contributed by atoms with Crippen LogP contribution in [-0.2, 0) is 11.2 Å². The molecule has 0 spiro atoms. The van der Waals surface area contributed by atoms with E-state index < -0.39 is 6.10 Å². The number of rotatable bonds is 7. The Morgan fingerprint density at radius 3 is 2.26 bits per heavy atom. The van der Waals surface area contributed by atoms with Gasteiger partial charge in [0.15, 0.2) is 6.10 Å². The summed E-state index contributed by atoms with van der Waals surface area (Å²) < 4.78 is 18.7. The van der Waals surface area contributed by atoms with Gasteiger partial charge < -0.3 is 10.1 Å². The predicted molar refractivity (Wildman–Crippen MR) is 103 cm³/mol. The number of ether oxygens (including phenoxy) is 1. The number of anilines is 1. The Morgan fingerprint density at radius 1 is 1.00 bits per heavy atom. The predicted octanol–water partition coefficient (Wildman–Crippen LogP) is 4.61. The van der Waals surface area contributed by atoms with Gasteiger partial charge in [-0.25, -0.2) is 4.39 Å². The van der Waals surface area contributed by atoms with E-state index in [2.05, 4.69) is 10.3 Å². The molecule has 0 saturated heterocycles. The van der Waals surface area contributed by atoms with Gasteiger partial charge in [0.25, 0.3) is 5.91 Å². The van der Waals surface area contributed by atoms with Gasteiger partial charge in [0, 0.05) is 18.1 Å². The van der Waals surface area contributed by atoms with Crippen LogP contribution in [-0.4, -0.2) is 17.0 Å². The van der Waals surface area contributed by atoms with Crippen LogP contribution in [0.5, 0.6) is 5.75 Å². The van der Waals surface area contributed by atoms with Crippen molar-refractivity contribution in [2.24, 2.45) is 0 Å². The third-order valence-electron chi connectivity index (χ3n) is 4.13. The molecular weight excluding hydrogens is 343 g/mol. The molecular formula is C22H21FN2O2. The van der Waals surface area contributed by atoms with Crippen molar-refractivity contribution in [3.05, 3.63) is 90.0 Å². The third kappa shape index (κ3) is 5.38. The van der Waals surface area contributed by atoms with Crippen LogP contribution in [0.3, 0.4) is 0 Å². The minimum Gasteiger partial charge on any atom is -0.481 e. The van der Waals surface area contributed by atoms with Crippen LogP contribution < -0.4 is 10.1 Å². The molecule has 2 aromatic carbocycles. The normalized spacial score (nSPS) is 11.6. The smallest absolute Gasteiger partial charge is 0.265 e. The Balaban J connectivity index is 1.59. The zero-order chi connectivity index (χ0) is 19.1. The molecule has 0 radical (unpaired) electrons. The molecule has 1 amide bonds. The molecule has 4 nitrogen and oxygen atoms in total. The number of hydrogen-bond donors (Lipinski definition) is 1. The van der Waals surface area contributed by atoms with Gasteiger partial charge in [-0.05, 0) is 72.5 Å². The average Bonchev–Trinajstić information content (AvgIpc) is 2.70. The highest BCUT2D eigenvalue weighted by Crippen LogP contribution is 2.17. The van der Waals surface area contributed by atoms with Gasteiger partial charge in [-0.15, -0.1) is 0 Å². The first-order valence-corrected chi connectivity index (χ1v) is 8.85. The maximum atomic E-state index is 13.0. The first-order chi connectivity index (χ1) is 13.1. The third-order valence-corrected chi connectivity index (χ3v) is 4.13. The van der Waals surface area contributed by atoms with Crippen molar-refractivity contribution in [1.29, 1.82) is 0 Å². The van der Waals surface area contributed by atoms with Crippen molar-refractivity contribution in [1.82, 2.24) is 4.98 Å². The first kappa shape index (κ1) is 18.6. The molecule has 0 saturated carbocycles. The SMILES string of the molecule is CC[C@@H](Oc1ccc(F)cc1)C(=O)Nc1ccc(Cc2ccncc2)cc1. The van der Waals surface area contributed by atoms with Crippen LogP contribution in [0.4, 0.5) is 10.1 Å². The number of hydrogen-bond acceptors (Lipinski definition) is 3. The van der Waals surface area contributed by atoms with Crippen molar-refractivity contribution in [3.8, 4) is 5.75 Å². The largest absolute Gasteiger partial charge is 0.481 e. The number of nitrogens with one attached hydrogen (secondary N) is 1. The topological polar surface area (TPSA) is 51.2 Å². The van der Waals surface area contributed by atoms with E-state index in [9.17, 15) is 9.18 Å². The molecule has 3 rings (SSSR count). The van der Waals surface area contributed by atoms with E-state index in [1.807, 2.05) is 43.3 Å². The quantitative estimate of drug-likeness (QED) is 0.666. The van der Waals surface area contributed by atoms with Crippen LogP contribution in [0, 0.1) is 5.82 Å². The number of pyridine rings is 1. The van der Waals surface area contributed by atoms with E-state index in [0.717, 1.165) is 12.0 Å². The molecule has 0 aliphatic heterocycles. The Bertz CT molecular complexity index is 865. The Morgan fingerprint density at radius 2 is 1.63 bits per heavy atom. The molecule has 0 aliphatic carbocycles. The lowest BCUT2D eigenvalue weighted by molar-refractivity contribution is -0.122. The molecule has 138 valence electrons. The van der Waals surface area contributed by atoms with Gasteiger partial charge in [-0.3, -0.25) is 9.78 Å². The fourth-order valence-corrected chi connectivity index (χ4v) is 2.66. The van der Waals surface area contributed by atoms with Gasteiger partial charge in [0.05, 0.1) is 0 Å². The van der Waals surface area contributed by atoms with E-state index in [1.165, 1.54) is 29.8 Å². The Hall–Kier alpha value is -3.21. The monoisotopic (exact) mass is 364 g/mol. The van der Waals surface area contributed by atoms with Gasteiger partial charge in [-0.1, -0.05) is 19.1 Å². The molecule has 0 aliphatic rings. The van der Waals surface area contributed by atoms with Crippen molar-refractivity contribution in [2.75, 3.05) is 5.32 Å². The van der Waals surface area contributed by atoms with Gasteiger partial charge in [0.2, 0.25) is 0 Å². The lowest BCUT2D eigenvalue weighted by atomic mass is 10.1. The van der Waals surface area contributed by atoms with Crippen molar-refractivity contribution in [3.63, 3.8) is 0 Å². The maximum absolute atomic E-state index is 13.0. The number of halogens is 1. The van der Waals surface area contributed by atoms with Crippen LogP contribution >= 0.6 is 0 Å². The maximum Gasteiger partial charge on any atom is 0.265 e. The molecule has 27 heavy (non-hydrogen) atoms. The van der Waals surface area contributed by atoms with Crippen LogP contribution in [0.1, 0.15) is 24.5 Å². The van der Waals surface area contributed by atoms with Gasteiger partial charge in [-0.2, -0.15) is 0 Å². The molecule has 3 aromatic rings. The zero-order valence-electron chi connectivity index (χ0n) is 15.1. The lowest BCUT2D eigenvalue weighted by Gasteiger charge is -2.17. The Kier molecular flexibility index (Phi) is 6.15. The van der Waals surface area contributed by atoms with E-state index in [-0.39, 0.29) is 11.7 Å². The standard InChI is InChI=1S/C22H21FN2O2/c1-2-21(27-20-9-5-18(23)6-10-20)22(26)25-19-7-3-16(4-8-19)15-17-11-13-24-14-12-17/h3-14,21H,2,15H2,1H3,(H,25,26)/t21-/m1/s1. The second kappa shape index (κ2) is 8.94. The van der Waals surface area contributed by atoms with E-state index in [0.29, 0.717) is 17.9 Å². The molecule has 1 aromatic heterocycles. The summed E-state index contributed by atoms with van der Waals surface area (Å²) in [4.78, 5) is 16.5. The summed E-state index contributed by atoms with van der Waals surface area (Å²) in [7, 11) is 0. The highest BCUT2D eigenvalue weighted by molar-refractivity contribution is 5.94. The molecule has 0 fully saturated rings. The zero-order valence-corrected chi connectivity index (χ0v) is 15.1. The summed E-state index contributed by atoms with van der Waals surface area (Å²) in [5.41, 5.74) is 3.04. The minimum absolute atomic E-state index is 0.233. The number of amides is 1. The van der Waals surface area contributed by atoms with Crippen molar-refractivity contribution in [2.45, 2.75) is 25.9 Å². The second-order valence-electron chi connectivity index (χ2n) is 6.19. The number of aromatic nitrogens is 1. The molecule has 0 unspecified atom stereocenters. The summed E-state index contributed by atoms with van der Waals surface area (Å²) in [5.74, 6) is -0.110. The summed E-state index contributed by atoms with van der Waals surface area (Å²) in [6, 6.07) is 17.3. The van der Waals surface area contributed by atoms with Gasteiger partial charge in [0.1, 0.15) is 11.6 Å². The second-order valence-corrected chi connectivity index (χ2v) is 6.19. The molecule has 1 N–H and O–H groups in total. The number of nitrogens with zero attached hydrogens (tertiary/aromatic N) is 1. The number of benzene rings is 2.